The molecule has 1 heterocycles. The molecule has 1 aromatic rings. The smallest absolute Gasteiger partial charge is 0.249 e. The fraction of sp³-hybridized carbons (Fsp3) is 0.455. The van der Waals surface area contributed by atoms with Crippen LogP contribution in [0.5, 0.6) is 0 Å². The van der Waals surface area contributed by atoms with Gasteiger partial charge in [0.1, 0.15) is 10.2 Å². The lowest BCUT2D eigenvalue weighted by atomic mass is 9.81. The second kappa shape index (κ2) is 4.93. The number of amides is 1. The Kier molecular flexibility index (Phi) is 4.04. The minimum absolute atomic E-state index is 0.329. The maximum atomic E-state index is 11.2. The Balaban J connectivity index is 3.12. The summed E-state index contributed by atoms with van der Waals surface area (Å²) in [5.41, 5.74) is 4.50. The van der Waals surface area contributed by atoms with Gasteiger partial charge in [-0.2, -0.15) is 0 Å². The zero-order chi connectivity index (χ0) is 12.3. The molecule has 0 aliphatic rings. The van der Waals surface area contributed by atoms with Gasteiger partial charge in [-0.05, 0) is 47.0 Å². The maximum absolute atomic E-state index is 11.2. The van der Waals surface area contributed by atoms with Crippen LogP contribution in [-0.4, -0.2) is 21.6 Å². The highest BCUT2D eigenvalue weighted by Gasteiger charge is 2.37. The molecule has 16 heavy (non-hydrogen) atoms. The number of carbonyl (C=O) groups is 1. The van der Waals surface area contributed by atoms with Crippen molar-refractivity contribution >= 4 is 21.8 Å². The van der Waals surface area contributed by atoms with Crippen molar-refractivity contribution in [3.63, 3.8) is 0 Å². The summed E-state index contributed by atoms with van der Waals surface area (Å²) in [4.78, 5) is 15.2. The lowest BCUT2D eigenvalue weighted by Gasteiger charge is -2.29. The lowest BCUT2D eigenvalue weighted by Crippen LogP contribution is -2.46. The quantitative estimate of drug-likeness (QED) is 0.825. The molecule has 3 N–H and O–H groups in total. The van der Waals surface area contributed by atoms with E-state index in [1.54, 1.807) is 18.3 Å². The van der Waals surface area contributed by atoms with Crippen LogP contribution in [0.3, 0.4) is 0 Å². The average molecular weight is 287 g/mol. The van der Waals surface area contributed by atoms with Crippen LogP contribution in [-0.2, 0) is 4.79 Å². The standard InChI is InChI=1S/C11H15BrN2O2/c1-3-8(11(2,16)10(13)15)7-4-5-14-9(12)6-7/h4-6,8,16H,3H2,1-2H3,(H2,13,15). The van der Waals surface area contributed by atoms with E-state index in [1.165, 1.54) is 6.92 Å². The van der Waals surface area contributed by atoms with Gasteiger partial charge < -0.3 is 10.8 Å². The van der Waals surface area contributed by atoms with Gasteiger partial charge >= 0.3 is 0 Å². The highest BCUT2D eigenvalue weighted by Crippen LogP contribution is 2.31. The fourth-order valence-corrected chi connectivity index (χ4v) is 2.15. The maximum Gasteiger partial charge on any atom is 0.249 e. The second-order valence-electron chi connectivity index (χ2n) is 3.88. The largest absolute Gasteiger partial charge is 0.380 e. The molecule has 0 bridgehead atoms. The van der Waals surface area contributed by atoms with Crippen LogP contribution in [0.2, 0.25) is 0 Å². The number of carbonyl (C=O) groups excluding carboxylic acids is 1. The van der Waals surface area contributed by atoms with Gasteiger partial charge in [0.2, 0.25) is 5.91 Å². The first-order chi connectivity index (χ1) is 7.39. The molecule has 88 valence electrons. The van der Waals surface area contributed by atoms with Crippen molar-refractivity contribution in [3.8, 4) is 0 Å². The van der Waals surface area contributed by atoms with E-state index in [-0.39, 0.29) is 5.92 Å². The van der Waals surface area contributed by atoms with E-state index in [1.807, 2.05) is 6.92 Å². The zero-order valence-electron chi connectivity index (χ0n) is 9.27. The molecule has 0 fully saturated rings. The number of nitrogens with zero attached hydrogens (tertiary/aromatic N) is 1. The Morgan fingerprint density at radius 1 is 1.75 bits per heavy atom. The molecule has 2 unspecified atom stereocenters. The summed E-state index contributed by atoms with van der Waals surface area (Å²) in [5.74, 6) is -1.04. The van der Waals surface area contributed by atoms with Crippen molar-refractivity contribution in [2.45, 2.75) is 31.8 Å². The van der Waals surface area contributed by atoms with E-state index in [0.29, 0.717) is 11.0 Å². The number of primary amides is 1. The van der Waals surface area contributed by atoms with Crippen LogP contribution in [0.25, 0.3) is 0 Å². The summed E-state index contributed by atoms with van der Waals surface area (Å²) in [6, 6.07) is 3.56. The van der Waals surface area contributed by atoms with E-state index in [4.69, 9.17) is 5.73 Å². The van der Waals surface area contributed by atoms with Crippen LogP contribution < -0.4 is 5.73 Å². The summed E-state index contributed by atoms with van der Waals surface area (Å²) in [6.45, 7) is 3.34. The molecule has 1 amide bonds. The third kappa shape index (κ3) is 2.59. The average Bonchev–Trinajstić information content (AvgIpc) is 2.18. The van der Waals surface area contributed by atoms with Gasteiger partial charge in [0, 0.05) is 12.1 Å². The Morgan fingerprint density at radius 3 is 2.81 bits per heavy atom. The van der Waals surface area contributed by atoms with Gasteiger partial charge in [0.15, 0.2) is 0 Å². The molecule has 0 radical (unpaired) electrons. The second-order valence-corrected chi connectivity index (χ2v) is 4.70. The predicted molar refractivity (Wildman–Crippen MR) is 64.8 cm³/mol. The Labute approximate surface area is 103 Å². The van der Waals surface area contributed by atoms with Gasteiger partial charge in [-0.15, -0.1) is 0 Å². The van der Waals surface area contributed by atoms with Gasteiger partial charge in [-0.1, -0.05) is 6.92 Å². The molecule has 4 nitrogen and oxygen atoms in total. The Bertz CT molecular complexity index is 393. The summed E-state index contributed by atoms with van der Waals surface area (Å²) in [5, 5.41) is 10.1. The molecule has 0 saturated carbocycles. The van der Waals surface area contributed by atoms with Crippen LogP contribution in [0, 0.1) is 0 Å². The Hall–Kier alpha value is -0.940. The molecule has 0 aromatic carbocycles. The van der Waals surface area contributed by atoms with E-state index in [0.717, 1.165) is 5.56 Å². The summed E-state index contributed by atoms with van der Waals surface area (Å²) in [7, 11) is 0. The fourth-order valence-electron chi connectivity index (χ4n) is 1.76. The molecular weight excluding hydrogens is 272 g/mol. The van der Waals surface area contributed by atoms with Crippen molar-refractivity contribution < 1.29 is 9.90 Å². The van der Waals surface area contributed by atoms with Gasteiger partial charge in [-0.25, -0.2) is 4.98 Å². The molecule has 0 aliphatic heterocycles. The predicted octanol–water partition coefficient (Wildman–Crippen LogP) is 1.57. The molecule has 0 spiro atoms. The number of hydrogen-bond acceptors (Lipinski definition) is 3. The van der Waals surface area contributed by atoms with E-state index in [2.05, 4.69) is 20.9 Å². The highest BCUT2D eigenvalue weighted by molar-refractivity contribution is 9.10. The molecule has 5 heteroatoms. The van der Waals surface area contributed by atoms with Crippen molar-refractivity contribution in [1.29, 1.82) is 0 Å². The molecule has 2 atom stereocenters. The van der Waals surface area contributed by atoms with Gasteiger partial charge in [-0.3, -0.25) is 4.79 Å². The molecule has 1 aromatic heterocycles. The van der Waals surface area contributed by atoms with Crippen molar-refractivity contribution in [1.82, 2.24) is 4.98 Å². The first-order valence-electron chi connectivity index (χ1n) is 5.03. The molecule has 0 saturated heterocycles. The highest BCUT2D eigenvalue weighted by atomic mass is 79.9. The number of aromatic nitrogens is 1. The van der Waals surface area contributed by atoms with Crippen molar-refractivity contribution in [2.24, 2.45) is 5.73 Å². The van der Waals surface area contributed by atoms with Crippen LogP contribution >= 0.6 is 15.9 Å². The van der Waals surface area contributed by atoms with Crippen molar-refractivity contribution in [2.75, 3.05) is 0 Å². The minimum Gasteiger partial charge on any atom is -0.380 e. The SMILES string of the molecule is CCC(c1ccnc(Br)c1)C(C)(O)C(N)=O. The zero-order valence-corrected chi connectivity index (χ0v) is 10.9. The Morgan fingerprint density at radius 2 is 2.38 bits per heavy atom. The number of pyridine rings is 1. The third-order valence-electron chi connectivity index (χ3n) is 2.74. The molecular formula is C11H15BrN2O2. The summed E-state index contributed by atoms with van der Waals surface area (Å²) in [6.07, 6.45) is 2.24. The topological polar surface area (TPSA) is 76.2 Å². The van der Waals surface area contributed by atoms with E-state index >= 15 is 0 Å². The number of halogens is 1. The monoisotopic (exact) mass is 286 g/mol. The number of hydrogen-bond donors (Lipinski definition) is 2. The normalized spacial score (nSPS) is 16.5. The molecule has 0 aliphatic carbocycles. The number of aliphatic hydroxyl groups is 1. The van der Waals surface area contributed by atoms with E-state index < -0.39 is 11.5 Å². The van der Waals surface area contributed by atoms with Crippen LogP contribution in [0.4, 0.5) is 0 Å². The minimum atomic E-state index is -1.55. The first kappa shape index (κ1) is 13.1. The molecule has 1 rings (SSSR count). The van der Waals surface area contributed by atoms with E-state index in [9.17, 15) is 9.90 Å². The number of nitrogens with two attached hydrogens (primary N) is 1. The van der Waals surface area contributed by atoms with Crippen molar-refractivity contribution in [3.05, 3.63) is 28.5 Å². The number of rotatable bonds is 4. The third-order valence-corrected chi connectivity index (χ3v) is 3.17. The lowest BCUT2D eigenvalue weighted by molar-refractivity contribution is -0.136. The van der Waals surface area contributed by atoms with Crippen LogP contribution in [0.1, 0.15) is 31.7 Å². The first-order valence-corrected chi connectivity index (χ1v) is 5.82. The van der Waals surface area contributed by atoms with Crippen LogP contribution in [0.15, 0.2) is 22.9 Å². The van der Waals surface area contributed by atoms with Gasteiger partial charge in [0.05, 0.1) is 0 Å². The van der Waals surface area contributed by atoms with Gasteiger partial charge in [0.25, 0.3) is 0 Å². The summed E-state index contributed by atoms with van der Waals surface area (Å²) < 4.78 is 0.670. The summed E-state index contributed by atoms with van der Waals surface area (Å²) >= 11 is 3.25.